The van der Waals surface area contributed by atoms with Gasteiger partial charge in [0.15, 0.2) is 0 Å². The fourth-order valence-corrected chi connectivity index (χ4v) is 1.96. The van der Waals surface area contributed by atoms with Crippen molar-refractivity contribution in [1.82, 2.24) is 14.9 Å². The smallest absolute Gasteiger partial charge is 0.0948 e. The molecule has 1 aromatic rings. The van der Waals surface area contributed by atoms with Gasteiger partial charge < -0.3 is 9.88 Å². The fourth-order valence-electron chi connectivity index (χ4n) is 1.96. The van der Waals surface area contributed by atoms with E-state index in [9.17, 15) is 0 Å². The van der Waals surface area contributed by atoms with E-state index in [1.165, 1.54) is 25.1 Å². The minimum atomic E-state index is 0.666. The van der Waals surface area contributed by atoms with E-state index in [-0.39, 0.29) is 0 Å². The molecule has 2 heterocycles. The van der Waals surface area contributed by atoms with Gasteiger partial charge in [-0.1, -0.05) is 6.92 Å². The predicted molar refractivity (Wildman–Crippen MR) is 52.6 cm³/mol. The van der Waals surface area contributed by atoms with Gasteiger partial charge in [0, 0.05) is 24.5 Å². The van der Waals surface area contributed by atoms with Crippen LogP contribution >= 0.6 is 0 Å². The summed E-state index contributed by atoms with van der Waals surface area (Å²) in [6, 6.07) is 0.666. The van der Waals surface area contributed by atoms with Crippen molar-refractivity contribution in [2.24, 2.45) is 0 Å². The number of rotatable bonds is 3. The summed E-state index contributed by atoms with van der Waals surface area (Å²) < 4.78 is 2.27. The normalized spacial score (nSPS) is 22.4. The van der Waals surface area contributed by atoms with Crippen molar-refractivity contribution in [1.29, 1.82) is 0 Å². The highest BCUT2D eigenvalue weighted by Crippen LogP contribution is 2.09. The summed E-state index contributed by atoms with van der Waals surface area (Å²) in [5.74, 6) is 0. The van der Waals surface area contributed by atoms with Gasteiger partial charge in [0.25, 0.3) is 0 Å². The third-order valence-electron chi connectivity index (χ3n) is 2.74. The molecule has 0 saturated carbocycles. The number of nitrogens with zero attached hydrogens (tertiary/aromatic N) is 2. The fraction of sp³-hybridized carbons (Fsp3) is 0.700. The molecule has 0 bridgehead atoms. The lowest BCUT2D eigenvalue weighted by molar-refractivity contribution is 0.499. The van der Waals surface area contributed by atoms with Crippen molar-refractivity contribution in [3.63, 3.8) is 0 Å². The minimum Gasteiger partial charge on any atom is -0.333 e. The number of hydrogen-bond acceptors (Lipinski definition) is 2. The molecule has 72 valence electrons. The van der Waals surface area contributed by atoms with Gasteiger partial charge in [-0.25, -0.2) is 4.98 Å². The van der Waals surface area contributed by atoms with Crippen LogP contribution in [0.15, 0.2) is 12.5 Å². The van der Waals surface area contributed by atoms with Crippen LogP contribution in [-0.4, -0.2) is 22.1 Å². The van der Waals surface area contributed by atoms with E-state index in [1.807, 2.05) is 12.5 Å². The van der Waals surface area contributed by atoms with E-state index in [4.69, 9.17) is 0 Å². The molecule has 1 atom stereocenters. The average molecular weight is 179 g/mol. The van der Waals surface area contributed by atoms with Crippen LogP contribution in [0.1, 0.15) is 25.5 Å². The first-order valence-corrected chi connectivity index (χ1v) is 5.12. The molecular weight excluding hydrogens is 162 g/mol. The highest BCUT2D eigenvalue weighted by molar-refractivity contribution is 4.98. The van der Waals surface area contributed by atoms with E-state index >= 15 is 0 Å². The standard InChI is InChI=1S/C10H17N3/c1-2-10-6-11-8-13(10)7-9-4-3-5-12-9/h6,8-9,12H,2-5,7H2,1H3. The van der Waals surface area contributed by atoms with Gasteiger partial charge >= 0.3 is 0 Å². The second kappa shape index (κ2) is 3.92. The van der Waals surface area contributed by atoms with Crippen LogP contribution in [-0.2, 0) is 13.0 Å². The van der Waals surface area contributed by atoms with Gasteiger partial charge in [0.05, 0.1) is 6.33 Å². The Kier molecular flexibility index (Phi) is 2.64. The molecule has 1 N–H and O–H groups in total. The zero-order valence-electron chi connectivity index (χ0n) is 8.16. The predicted octanol–water partition coefficient (Wildman–Crippen LogP) is 1.20. The second-order valence-electron chi connectivity index (χ2n) is 3.68. The lowest BCUT2D eigenvalue weighted by Gasteiger charge is -2.12. The number of aromatic nitrogens is 2. The van der Waals surface area contributed by atoms with Crippen molar-refractivity contribution >= 4 is 0 Å². The first-order valence-electron chi connectivity index (χ1n) is 5.12. The van der Waals surface area contributed by atoms with E-state index < -0.39 is 0 Å². The zero-order chi connectivity index (χ0) is 9.10. The molecular formula is C10H17N3. The molecule has 1 fully saturated rings. The third kappa shape index (κ3) is 1.91. The Bertz CT molecular complexity index is 261. The maximum atomic E-state index is 4.17. The molecule has 1 aliphatic heterocycles. The third-order valence-corrected chi connectivity index (χ3v) is 2.74. The van der Waals surface area contributed by atoms with E-state index in [1.54, 1.807) is 0 Å². The summed E-state index contributed by atoms with van der Waals surface area (Å²) in [7, 11) is 0. The molecule has 0 aromatic carbocycles. The van der Waals surface area contributed by atoms with Crippen LogP contribution < -0.4 is 5.32 Å². The lowest BCUT2D eigenvalue weighted by Crippen LogP contribution is -2.27. The van der Waals surface area contributed by atoms with Gasteiger partial charge in [-0.05, 0) is 25.8 Å². The van der Waals surface area contributed by atoms with E-state index in [2.05, 4.69) is 21.8 Å². The summed E-state index contributed by atoms with van der Waals surface area (Å²) in [4.78, 5) is 4.17. The molecule has 2 rings (SSSR count). The zero-order valence-corrected chi connectivity index (χ0v) is 8.16. The molecule has 3 heteroatoms. The summed E-state index contributed by atoms with van der Waals surface area (Å²) in [5.41, 5.74) is 1.34. The highest BCUT2D eigenvalue weighted by atomic mass is 15.1. The van der Waals surface area contributed by atoms with Crippen LogP contribution in [0.4, 0.5) is 0 Å². The Morgan fingerprint density at radius 2 is 2.62 bits per heavy atom. The minimum absolute atomic E-state index is 0.666. The van der Waals surface area contributed by atoms with Gasteiger partial charge in [0.1, 0.15) is 0 Å². The van der Waals surface area contributed by atoms with Crippen molar-refractivity contribution in [3.05, 3.63) is 18.2 Å². The Labute approximate surface area is 79.2 Å². The monoisotopic (exact) mass is 179 g/mol. The van der Waals surface area contributed by atoms with Crippen LogP contribution in [0.2, 0.25) is 0 Å². The number of hydrogen-bond donors (Lipinski definition) is 1. The molecule has 13 heavy (non-hydrogen) atoms. The van der Waals surface area contributed by atoms with Gasteiger partial charge in [0.2, 0.25) is 0 Å². The van der Waals surface area contributed by atoms with Crippen molar-refractivity contribution < 1.29 is 0 Å². The SMILES string of the molecule is CCc1cncn1CC1CCCN1. The van der Waals surface area contributed by atoms with Crippen molar-refractivity contribution in [3.8, 4) is 0 Å². The molecule has 1 unspecified atom stereocenters. The van der Waals surface area contributed by atoms with Gasteiger partial charge in [-0.3, -0.25) is 0 Å². The van der Waals surface area contributed by atoms with Crippen LogP contribution in [0.25, 0.3) is 0 Å². The molecule has 0 radical (unpaired) electrons. The summed E-state index contributed by atoms with van der Waals surface area (Å²) in [5, 5.41) is 3.50. The molecule has 1 aliphatic rings. The Morgan fingerprint density at radius 3 is 3.31 bits per heavy atom. The lowest BCUT2D eigenvalue weighted by atomic mass is 10.2. The maximum Gasteiger partial charge on any atom is 0.0948 e. The Hall–Kier alpha value is -0.830. The average Bonchev–Trinajstić information content (AvgIpc) is 2.76. The van der Waals surface area contributed by atoms with E-state index in [0.29, 0.717) is 6.04 Å². The first-order chi connectivity index (χ1) is 6.40. The summed E-state index contributed by atoms with van der Waals surface area (Å²) in [6.07, 6.45) is 7.61. The number of nitrogens with one attached hydrogen (secondary N) is 1. The molecule has 0 spiro atoms. The maximum absolute atomic E-state index is 4.17. The van der Waals surface area contributed by atoms with Crippen LogP contribution in [0.5, 0.6) is 0 Å². The molecule has 1 saturated heterocycles. The molecule has 1 aromatic heterocycles. The summed E-state index contributed by atoms with van der Waals surface area (Å²) >= 11 is 0. The largest absolute Gasteiger partial charge is 0.333 e. The van der Waals surface area contributed by atoms with Crippen molar-refractivity contribution in [2.75, 3.05) is 6.54 Å². The molecule has 0 aliphatic carbocycles. The first kappa shape index (κ1) is 8.75. The molecule has 3 nitrogen and oxygen atoms in total. The van der Waals surface area contributed by atoms with E-state index in [0.717, 1.165) is 13.0 Å². The highest BCUT2D eigenvalue weighted by Gasteiger charge is 2.14. The van der Waals surface area contributed by atoms with Crippen molar-refractivity contribution in [2.45, 2.75) is 38.8 Å². The summed E-state index contributed by atoms with van der Waals surface area (Å²) in [6.45, 7) is 4.44. The number of imidazole rings is 1. The molecule has 0 amide bonds. The van der Waals surface area contributed by atoms with Gasteiger partial charge in [-0.2, -0.15) is 0 Å². The quantitative estimate of drug-likeness (QED) is 0.755. The van der Waals surface area contributed by atoms with Crippen LogP contribution in [0, 0.1) is 0 Å². The van der Waals surface area contributed by atoms with Gasteiger partial charge in [-0.15, -0.1) is 0 Å². The Balaban J connectivity index is 1.99. The number of aryl methyl sites for hydroxylation is 1. The Morgan fingerprint density at radius 1 is 1.69 bits per heavy atom. The van der Waals surface area contributed by atoms with Crippen LogP contribution in [0.3, 0.4) is 0 Å². The second-order valence-corrected chi connectivity index (χ2v) is 3.68. The topological polar surface area (TPSA) is 29.9 Å².